The van der Waals surface area contributed by atoms with Crippen LogP contribution >= 0.6 is 22.9 Å². The van der Waals surface area contributed by atoms with E-state index < -0.39 is 11.4 Å². The first kappa shape index (κ1) is 27.7. The van der Waals surface area contributed by atoms with E-state index in [1.165, 1.54) is 29.1 Å². The molecule has 40 heavy (non-hydrogen) atoms. The van der Waals surface area contributed by atoms with Crippen LogP contribution in [-0.2, 0) is 0 Å². The van der Waals surface area contributed by atoms with Crippen molar-refractivity contribution in [1.82, 2.24) is 19.4 Å². The van der Waals surface area contributed by atoms with Crippen molar-refractivity contribution < 1.29 is 13.9 Å². The maximum atomic E-state index is 14.5. The minimum absolute atomic E-state index is 0.0569. The number of ether oxygens (including phenoxy) is 1. The van der Waals surface area contributed by atoms with Crippen LogP contribution in [0.25, 0.3) is 33.6 Å². The Labute approximate surface area is 240 Å². The van der Waals surface area contributed by atoms with Gasteiger partial charge in [-0.05, 0) is 57.4 Å². The molecule has 0 N–H and O–H groups in total. The van der Waals surface area contributed by atoms with E-state index in [-0.39, 0.29) is 23.0 Å². The van der Waals surface area contributed by atoms with E-state index >= 15 is 0 Å². The molecule has 7 nitrogen and oxygen atoms in total. The molecule has 1 aromatic carbocycles. The Morgan fingerprint density at radius 1 is 1.12 bits per heavy atom. The third-order valence-electron chi connectivity index (χ3n) is 6.65. The molecule has 4 heterocycles. The van der Waals surface area contributed by atoms with Crippen LogP contribution in [0.4, 0.5) is 4.39 Å². The number of thiazole rings is 1. The van der Waals surface area contributed by atoms with Crippen LogP contribution in [0.2, 0.25) is 5.02 Å². The molecule has 1 amide bonds. The number of hydrogen-bond acceptors (Lipinski definition) is 6. The number of benzene rings is 1. The fourth-order valence-corrected chi connectivity index (χ4v) is 5.72. The van der Waals surface area contributed by atoms with Crippen molar-refractivity contribution in [2.45, 2.75) is 33.1 Å². The zero-order valence-electron chi connectivity index (χ0n) is 22.4. The molecule has 0 saturated carbocycles. The molecule has 3 aromatic heterocycles. The summed E-state index contributed by atoms with van der Waals surface area (Å²) in [5, 5.41) is 2.89. The molecule has 0 atom stereocenters. The molecule has 0 spiro atoms. The van der Waals surface area contributed by atoms with Crippen LogP contribution in [0.3, 0.4) is 0 Å². The van der Waals surface area contributed by atoms with Crippen molar-refractivity contribution in [2.75, 3.05) is 20.2 Å². The first-order valence-electron chi connectivity index (χ1n) is 12.9. The third-order valence-corrected chi connectivity index (χ3v) is 7.77. The zero-order valence-corrected chi connectivity index (χ0v) is 24.0. The van der Waals surface area contributed by atoms with Gasteiger partial charge in [0.25, 0.3) is 11.5 Å². The van der Waals surface area contributed by atoms with Crippen LogP contribution in [0.5, 0.6) is 5.88 Å². The van der Waals surface area contributed by atoms with Crippen LogP contribution < -0.4 is 10.3 Å². The fourth-order valence-electron chi connectivity index (χ4n) is 4.76. The highest BCUT2D eigenvalue weighted by Gasteiger charge is 2.27. The molecule has 4 aromatic rings. The van der Waals surface area contributed by atoms with Crippen LogP contribution in [0.1, 0.15) is 49.2 Å². The number of aromatic nitrogens is 3. The number of nitrogens with zero attached hydrogens (tertiary/aromatic N) is 4. The smallest absolute Gasteiger partial charge is 0.266 e. The summed E-state index contributed by atoms with van der Waals surface area (Å²) in [5.41, 5.74) is 2.89. The fraction of sp³-hybridized carbons (Fsp3) is 0.267. The van der Waals surface area contributed by atoms with Crippen LogP contribution in [0, 0.1) is 5.82 Å². The number of methoxy groups -OCH3 is 1. The number of halogens is 2. The molecule has 0 bridgehead atoms. The number of rotatable bonds is 6. The Morgan fingerprint density at radius 3 is 2.52 bits per heavy atom. The predicted molar refractivity (Wildman–Crippen MR) is 157 cm³/mol. The molecule has 1 saturated heterocycles. The monoisotopic (exact) mass is 578 g/mol. The average Bonchev–Trinajstić information content (AvgIpc) is 3.43. The number of allylic oxidation sites excluding steroid dienone is 1. The van der Waals surface area contributed by atoms with Gasteiger partial charge in [0.1, 0.15) is 16.5 Å². The Morgan fingerprint density at radius 2 is 1.85 bits per heavy atom. The van der Waals surface area contributed by atoms with Crippen LogP contribution in [-0.4, -0.2) is 45.5 Å². The van der Waals surface area contributed by atoms with Crippen molar-refractivity contribution in [2.24, 2.45) is 0 Å². The molecule has 206 valence electrons. The Hall–Kier alpha value is -3.82. The van der Waals surface area contributed by atoms with Crippen LogP contribution in [0.15, 0.2) is 58.3 Å². The summed E-state index contributed by atoms with van der Waals surface area (Å²) < 4.78 is 21.3. The number of piperidine rings is 1. The van der Waals surface area contributed by atoms with Gasteiger partial charge in [-0.15, -0.1) is 11.3 Å². The summed E-state index contributed by atoms with van der Waals surface area (Å²) >= 11 is 7.34. The second kappa shape index (κ2) is 11.7. The molecular formula is C30H28ClFN4O3S. The van der Waals surface area contributed by atoms with Gasteiger partial charge in [-0.25, -0.2) is 14.4 Å². The molecule has 1 fully saturated rings. The third kappa shape index (κ3) is 5.57. The molecule has 1 aliphatic rings. The Kier molecular flexibility index (Phi) is 8.14. The number of amides is 1. The highest BCUT2D eigenvalue weighted by molar-refractivity contribution is 7.13. The standard InChI is InChI=1S/C30H28ClFN4O3S/c1-18(2)13-25-22(29(37)35-11-5-4-6-12-35)15-23(28-34-24(17-40-28)19-7-9-20(31)10-8-19)30(38)36(25)26-14-21(32)16-33-27(26)39-3/h7-10,13-17H,4-6,11-12H2,1-3H3. The summed E-state index contributed by atoms with van der Waals surface area (Å²) in [7, 11) is 1.40. The lowest BCUT2D eigenvalue weighted by atomic mass is 10.0. The number of carbonyl (C=O) groups is 1. The van der Waals surface area contributed by atoms with Crippen molar-refractivity contribution >= 4 is 34.9 Å². The van der Waals surface area contributed by atoms with Gasteiger partial charge in [0.05, 0.1) is 35.8 Å². The van der Waals surface area contributed by atoms with Gasteiger partial charge in [-0.2, -0.15) is 0 Å². The summed E-state index contributed by atoms with van der Waals surface area (Å²) in [5.74, 6) is -0.777. The maximum absolute atomic E-state index is 14.5. The van der Waals surface area contributed by atoms with E-state index in [2.05, 4.69) is 4.98 Å². The molecule has 1 aliphatic heterocycles. The molecule has 5 rings (SSSR count). The summed E-state index contributed by atoms with van der Waals surface area (Å²) in [4.78, 5) is 38.8. The molecule has 10 heteroatoms. The topological polar surface area (TPSA) is 77.3 Å². The zero-order chi connectivity index (χ0) is 28.4. The van der Waals surface area contributed by atoms with Gasteiger partial charge >= 0.3 is 0 Å². The van der Waals surface area contributed by atoms with Crippen molar-refractivity contribution in [3.05, 3.63) is 86.0 Å². The largest absolute Gasteiger partial charge is 0.479 e. The first-order valence-corrected chi connectivity index (χ1v) is 14.2. The Bertz CT molecular complexity index is 1650. The lowest BCUT2D eigenvalue weighted by Crippen LogP contribution is -2.37. The maximum Gasteiger partial charge on any atom is 0.266 e. The number of pyridine rings is 2. The van der Waals surface area contributed by atoms with E-state index in [9.17, 15) is 14.0 Å². The van der Waals surface area contributed by atoms with E-state index in [1.54, 1.807) is 24.3 Å². The lowest BCUT2D eigenvalue weighted by molar-refractivity contribution is 0.0723. The van der Waals surface area contributed by atoms with Crippen molar-refractivity contribution in [3.8, 4) is 33.4 Å². The predicted octanol–water partition coefficient (Wildman–Crippen LogP) is 6.87. The summed E-state index contributed by atoms with van der Waals surface area (Å²) in [6.07, 6.45) is 5.67. The summed E-state index contributed by atoms with van der Waals surface area (Å²) in [6, 6.07) is 10.1. The second-order valence-corrected chi connectivity index (χ2v) is 11.1. The highest BCUT2D eigenvalue weighted by atomic mass is 35.5. The molecule has 0 aliphatic carbocycles. The number of carbonyl (C=O) groups excluding carboxylic acids is 1. The van der Waals surface area contributed by atoms with E-state index in [0.717, 1.165) is 36.6 Å². The Balaban J connectivity index is 1.79. The van der Waals surface area contributed by atoms with E-state index in [4.69, 9.17) is 21.3 Å². The van der Waals surface area contributed by atoms with E-state index in [1.807, 2.05) is 36.3 Å². The minimum atomic E-state index is -0.639. The van der Waals surface area contributed by atoms with Gasteiger partial charge in [-0.1, -0.05) is 29.3 Å². The van der Waals surface area contributed by atoms with Gasteiger partial charge in [0.15, 0.2) is 0 Å². The normalized spacial score (nSPS) is 13.3. The molecular weight excluding hydrogens is 551 g/mol. The number of hydrogen-bond donors (Lipinski definition) is 0. The van der Waals surface area contributed by atoms with E-state index in [0.29, 0.717) is 40.1 Å². The molecule has 0 unspecified atom stereocenters. The second-order valence-electron chi connectivity index (χ2n) is 9.80. The lowest BCUT2D eigenvalue weighted by Gasteiger charge is -2.28. The quantitative estimate of drug-likeness (QED) is 0.249. The van der Waals surface area contributed by atoms with Crippen molar-refractivity contribution in [3.63, 3.8) is 0 Å². The van der Waals surface area contributed by atoms with Crippen molar-refractivity contribution in [1.29, 1.82) is 0 Å². The SMILES string of the molecule is COc1ncc(F)cc1-n1c(C=C(C)C)c(C(=O)N2CCCCC2)cc(-c2nc(-c3ccc(Cl)cc3)cs2)c1=O. The van der Waals surface area contributed by atoms with Gasteiger partial charge in [0.2, 0.25) is 5.88 Å². The van der Waals surface area contributed by atoms with Gasteiger partial charge < -0.3 is 9.64 Å². The first-order chi connectivity index (χ1) is 19.3. The average molecular weight is 579 g/mol. The highest BCUT2D eigenvalue weighted by Crippen LogP contribution is 2.32. The van der Waals surface area contributed by atoms with Gasteiger partial charge in [0, 0.05) is 35.1 Å². The minimum Gasteiger partial charge on any atom is -0.479 e. The number of likely N-dealkylation sites (tertiary alicyclic amines) is 1. The molecule has 0 radical (unpaired) electrons. The summed E-state index contributed by atoms with van der Waals surface area (Å²) in [6.45, 7) is 5.00. The van der Waals surface area contributed by atoms with Gasteiger partial charge in [-0.3, -0.25) is 14.2 Å².